The van der Waals surface area contributed by atoms with Crippen LogP contribution in [0, 0.1) is 6.92 Å². The second-order valence-corrected chi connectivity index (χ2v) is 3.69. The van der Waals surface area contributed by atoms with E-state index in [0.717, 1.165) is 21.3 Å². The van der Waals surface area contributed by atoms with Crippen LogP contribution in [-0.2, 0) is 11.3 Å². The lowest BCUT2D eigenvalue weighted by atomic mass is 10.1. The molecular weight excluding hydrogens is 246 g/mol. The molecule has 0 fully saturated rings. The molecule has 14 heavy (non-hydrogen) atoms. The predicted molar refractivity (Wildman–Crippen MR) is 57.3 cm³/mol. The molecule has 1 aromatic rings. The summed E-state index contributed by atoms with van der Waals surface area (Å²) >= 11 is 3.38. The summed E-state index contributed by atoms with van der Waals surface area (Å²) in [4.78, 5) is 13.5. The number of rotatable bonds is 3. The van der Waals surface area contributed by atoms with Crippen LogP contribution in [-0.4, -0.2) is 13.2 Å². The lowest BCUT2D eigenvalue weighted by Crippen LogP contribution is -1.91. The number of carbonyl (C=O) groups excluding carboxylic acids is 1. The van der Waals surface area contributed by atoms with Gasteiger partial charge < -0.3 is 4.74 Å². The van der Waals surface area contributed by atoms with Crippen molar-refractivity contribution in [2.24, 2.45) is 4.99 Å². The normalized spacial score (nSPS) is 9.36. The highest BCUT2D eigenvalue weighted by Crippen LogP contribution is 2.30. The standard InChI is InChI=1S/C10H10BrNO2/c1-7-3-8(5-12-6-13)4-9(11)10(7)14-2/h3-4H,5H2,1-2H3. The Kier molecular flexibility index (Phi) is 3.86. The number of hydrogen-bond donors (Lipinski definition) is 0. The molecular formula is C10H10BrNO2. The fourth-order valence-electron chi connectivity index (χ4n) is 1.28. The largest absolute Gasteiger partial charge is 0.495 e. The van der Waals surface area contributed by atoms with E-state index in [0.29, 0.717) is 6.54 Å². The number of benzene rings is 1. The summed E-state index contributed by atoms with van der Waals surface area (Å²) in [7, 11) is 1.62. The molecule has 0 heterocycles. The van der Waals surface area contributed by atoms with Gasteiger partial charge in [0.05, 0.1) is 18.1 Å². The molecule has 1 rings (SSSR count). The minimum Gasteiger partial charge on any atom is -0.495 e. The minimum atomic E-state index is 0.354. The number of halogens is 1. The third-order valence-corrected chi connectivity index (χ3v) is 2.41. The smallest absolute Gasteiger partial charge is 0.235 e. The number of aliphatic imine (C=N–C) groups is 1. The number of aryl methyl sites for hydroxylation is 1. The monoisotopic (exact) mass is 255 g/mol. The van der Waals surface area contributed by atoms with Gasteiger partial charge in [0.1, 0.15) is 5.75 Å². The maximum atomic E-state index is 9.94. The van der Waals surface area contributed by atoms with Crippen LogP contribution in [0.1, 0.15) is 11.1 Å². The molecule has 0 spiro atoms. The van der Waals surface area contributed by atoms with Crippen LogP contribution >= 0.6 is 15.9 Å². The minimum absolute atomic E-state index is 0.354. The van der Waals surface area contributed by atoms with Crippen LogP contribution < -0.4 is 4.74 Å². The summed E-state index contributed by atoms with van der Waals surface area (Å²) in [5, 5.41) is 0. The van der Waals surface area contributed by atoms with Gasteiger partial charge in [-0.15, -0.1) is 0 Å². The molecule has 0 saturated heterocycles. The molecule has 0 N–H and O–H groups in total. The molecule has 0 unspecified atom stereocenters. The lowest BCUT2D eigenvalue weighted by molar-refractivity contribution is 0.409. The molecule has 0 aliphatic heterocycles. The number of ether oxygens (including phenoxy) is 1. The summed E-state index contributed by atoms with van der Waals surface area (Å²) < 4.78 is 6.05. The average Bonchev–Trinajstić information content (AvgIpc) is 2.14. The van der Waals surface area contributed by atoms with Gasteiger partial charge in [-0.05, 0) is 40.0 Å². The van der Waals surface area contributed by atoms with Gasteiger partial charge in [0.2, 0.25) is 6.08 Å². The maximum absolute atomic E-state index is 9.94. The van der Waals surface area contributed by atoms with Crippen molar-refractivity contribution in [1.82, 2.24) is 0 Å². The summed E-state index contributed by atoms with van der Waals surface area (Å²) in [6, 6.07) is 3.82. The highest BCUT2D eigenvalue weighted by molar-refractivity contribution is 9.10. The Labute approximate surface area is 90.9 Å². The number of nitrogens with zero attached hydrogens (tertiary/aromatic N) is 1. The Bertz CT molecular complexity index is 361. The van der Waals surface area contributed by atoms with Crippen LogP contribution in [0.4, 0.5) is 0 Å². The summed E-state index contributed by atoms with van der Waals surface area (Å²) in [6.45, 7) is 2.30. The van der Waals surface area contributed by atoms with E-state index in [1.54, 1.807) is 7.11 Å². The van der Waals surface area contributed by atoms with Gasteiger partial charge in [-0.3, -0.25) is 0 Å². The first-order valence-electron chi connectivity index (χ1n) is 4.05. The van der Waals surface area contributed by atoms with E-state index in [1.165, 1.54) is 6.08 Å². The number of isocyanates is 1. The highest BCUT2D eigenvalue weighted by Gasteiger charge is 2.05. The van der Waals surface area contributed by atoms with E-state index in [1.807, 2.05) is 19.1 Å². The molecule has 74 valence electrons. The van der Waals surface area contributed by atoms with E-state index in [-0.39, 0.29) is 0 Å². The molecule has 0 aliphatic rings. The fourth-order valence-corrected chi connectivity index (χ4v) is 2.04. The molecule has 4 heteroatoms. The maximum Gasteiger partial charge on any atom is 0.235 e. The van der Waals surface area contributed by atoms with Crippen LogP contribution in [0.25, 0.3) is 0 Å². The summed E-state index contributed by atoms with van der Waals surface area (Å²) in [5.74, 6) is 0.809. The SMILES string of the molecule is COc1c(C)cc(CN=C=O)cc1Br. The van der Waals surface area contributed by atoms with E-state index in [9.17, 15) is 4.79 Å². The Balaban J connectivity index is 3.07. The molecule has 0 amide bonds. The first-order valence-corrected chi connectivity index (χ1v) is 4.85. The molecule has 0 atom stereocenters. The van der Waals surface area contributed by atoms with Crippen LogP contribution in [0.15, 0.2) is 21.6 Å². The van der Waals surface area contributed by atoms with Crippen LogP contribution in [0.5, 0.6) is 5.75 Å². The average molecular weight is 256 g/mol. The Morgan fingerprint density at radius 3 is 2.79 bits per heavy atom. The molecule has 0 aromatic heterocycles. The van der Waals surface area contributed by atoms with E-state index in [2.05, 4.69) is 20.9 Å². The zero-order valence-corrected chi connectivity index (χ0v) is 9.59. The quantitative estimate of drug-likeness (QED) is 0.615. The van der Waals surface area contributed by atoms with Gasteiger partial charge in [0, 0.05) is 0 Å². The first-order chi connectivity index (χ1) is 6.69. The van der Waals surface area contributed by atoms with E-state index >= 15 is 0 Å². The molecule has 0 saturated carbocycles. The summed E-state index contributed by atoms with van der Waals surface area (Å²) in [6.07, 6.45) is 1.51. The van der Waals surface area contributed by atoms with Crippen molar-refractivity contribution < 1.29 is 9.53 Å². The molecule has 0 radical (unpaired) electrons. The Morgan fingerprint density at radius 1 is 1.57 bits per heavy atom. The van der Waals surface area contributed by atoms with Crippen molar-refractivity contribution in [1.29, 1.82) is 0 Å². The van der Waals surface area contributed by atoms with Crippen molar-refractivity contribution in [3.63, 3.8) is 0 Å². The van der Waals surface area contributed by atoms with Crippen LogP contribution in [0.2, 0.25) is 0 Å². The first kappa shape index (κ1) is 11.0. The molecule has 0 aliphatic carbocycles. The Morgan fingerprint density at radius 2 is 2.29 bits per heavy atom. The van der Waals surface area contributed by atoms with Crippen LogP contribution in [0.3, 0.4) is 0 Å². The topological polar surface area (TPSA) is 38.7 Å². The highest BCUT2D eigenvalue weighted by atomic mass is 79.9. The van der Waals surface area contributed by atoms with Gasteiger partial charge in [-0.1, -0.05) is 6.07 Å². The van der Waals surface area contributed by atoms with Gasteiger partial charge in [-0.25, -0.2) is 9.79 Å². The van der Waals surface area contributed by atoms with Crippen molar-refractivity contribution in [3.8, 4) is 5.75 Å². The summed E-state index contributed by atoms with van der Waals surface area (Å²) in [5.41, 5.74) is 1.97. The van der Waals surface area contributed by atoms with Crippen molar-refractivity contribution in [3.05, 3.63) is 27.7 Å². The third-order valence-electron chi connectivity index (χ3n) is 1.82. The predicted octanol–water partition coefficient (Wildman–Crippen LogP) is 2.60. The lowest BCUT2D eigenvalue weighted by Gasteiger charge is -2.08. The van der Waals surface area contributed by atoms with Gasteiger partial charge in [-0.2, -0.15) is 0 Å². The second-order valence-electron chi connectivity index (χ2n) is 2.84. The van der Waals surface area contributed by atoms with Gasteiger partial charge in [0.25, 0.3) is 0 Å². The zero-order chi connectivity index (χ0) is 10.6. The fraction of sp³-hybridized carbons (Fsp3) is 0.300. The molecule has 3 nitrogen and oxygen atoms in total. The van der Waals surface area contributed by atoms with Gasteiger partial charge >= 0.3 is 0 Å². The number of hydrogen-bond acceptors (Lipinski definition) is 3. The van der Waals surface area contributed by atoms with Crippen molar-refractivity contribution >= 4 is 22.0 Å². The second kappa shape index (κ2) is 4.94. The van der Waals surface area contributed by atoms with Crippen molar-refractivity contribution in [2.75, 3.05) is 7.11 Å². The molecule has 1 aromatic carbocycles. The molecule has 0 bridgehead atoms. The Hall–Kier alpha value is -1.12. The third kappa shape index (κ3) is 2.44. The van der Waals surface area contributed by atoms with Gasteiger partial charge in [0.15, 0.2) is 0 Å². The van der Waals surface area contributed by atoms with Crippen molar-refractivity contribution in [2.45, 2.75) is 13.5 Å². The zero-order valence-electron chi connectivity index (χ0n) is 8.00. The number of methoxy groups -OCH3 is 1. The van der Waals surface area contributed by atoms with E-state index < -0.39 is 0 Å². The van der Waals surface area contributed by atoms with E-state index in [4.69, 9.17) is 4.74 Å².